The summed E-state index contributed by atoms with van der Waals surface area (Å²) in [6.45, 7) is 0. The Morgan fingerprint density at radius 2 is 1.17 bits per heavy atom. The summed E-state index contributed by atoms with van der Waals surface area (Å²) >= 11 is 9.99. The van der Waals surface area contributed by atoms with Crippen LogP contribution in [0.2, 0.25) is 0 Å². The van der Waals surface area contributed by atoms with Crippen molar-refractivity contribution >= 4 is 34.8 Å². The first-order chi connectivity index (χ1) is 8.33. The second kappa shape index (κ2) is 7.75. The zero-order valence-electron chi connectivity index (χ0n) is 10.8. The number of hydrogen-bond acceptors (Lipinski definition) is 4. The molecule has 0 aliphatic heterocycles. The van der Waals surface area contributed by atoms with E-state index in [4.69, 9.17) is 46.8 Å². The Morgan fingerprint density at radius 1 is 0.889 bits per heavy atom. The zero-order valence-corrected chi connectivity index (χ0v) is 12.5. The van der Waals surface area contributed by atoms with Crippen LogP contribution < -0.4 is 0 Å². The van der Waals surface area contributed by atoms with Gasteiger partial charge in [-0.1, -0.05) is 11.8 Å². The minimum atomic E-state index is -0.789. The van der Waals surface area contributed by atoms with E-state index in [1.807, 2.05) is 0 Å². The van der Waals surface area contributed by atoms with Crippen molar-refractivity contribution in [2.75, 3.05) is 28.2 Å². The average molecular weight is 284 g/mol. The van der Waals surface area contributed by atoms with E-state index >= 15 is 0 Å². The monoisotopic (exact) mass is 284 g/mol. The van der Waals surface area contributed by atoms with E-state index in [-0.39, 0.29) is 10.3 Å². The van der Waals surface area contributed by atoms with Crippen LogP contribution in [0.1, 0.15) is 0 Å². The number of nitrogens with zero attached hydrogens (tertiary/aromatic N) is 2. The van der Waals surface area contributed by atoms with Crippen LogP contribution in [0.25, 0.3) is 0 Å². The molecule has 0 N–H and O–H groups in total. The van der Waals surface area contributed by atoms with Crippen molar-refractivity contribution in [1.82, 2.24) is 9.80 Å². The molecule has 0 bridgehead atoms. The number of terminal acetylenes is 2. The largest absolute Gasteiger partial charge is 0.449 e. The smallest absolute Gasteiger partial charge is 0.260 e. The van der Waals surface area contributed by atoms with Crippen molar-refractivity contribution in [3.63, 3.8) is 0 Å². The number of rotatable bonds is 3. The molecule has 0 amide bonds. The fraction of sp³-hybridized carbons (Fsp3) is 0.500. The molecular formula is C12H16N2O2S2. The van der Waals surface area contributed by atoms with Gasteiger partial charge in [0.05, 0.1) is 0 Å². The second-order valence-corrected chi connectivity index (χ2v) is 4.43. The molecule has 0 radical (unpaired) electrons. The normalized spacial score (nSPS) is 12.3. The minimum Gasteiger partial charge on any atom is -0.449 e. The molecule has 0 aromatic carbocycles. The molecule has 0 spiro atoms. The lowest BCUT2D eigenvalue weighted by Crippen LogP contribution is -2.38. The molecule has 2 unspecified atom stereocenters. The third-order valence-corrected chi connectivity index (χ3v) is 2.71. The fourth-order valence-electron chi connectivity index (χ4n) is 0.794. The van der Waals surface area contributed by atoms with Gasteiger partial charge in [0.2, 0.25) is 12.2 Å². The van der Waals surface area contributed by atoms with Crippen molar-refractivity contribution in [3.8, 4) is 24.7 Å². The van der Waals surface area contributed by atoms with Crippen molar-refractivity contribution < 1.29 is 9.47 Å². The summed E-state index contributed by atoms with van der Waals surface area (Å²) in [7, 11) is 6.97. The quantitative estimate of drug-likeness (QED) is 0.559. The first kappa shape index (κ1) is 16.5. The Bertz CT molecular complexity index is 356. The van der Waals surface area contributed by atoms with Gasteiger partial charge in [0.25, 0.3) is 10.3 Å². The van der Waals surface area contributed by atoms with Gasteiger partial charge in [-0.25, -0.2) is 0 Å². The molecule has 0 saturated heterocycles. The molecule has 0 aromatic heterocycles. The molecule has 98 valence electrons. The highest BCUT2D eigenvalue weighted by Crippen LogP contribution is 2.07. The summed E-state index contributed by atoms with van der Waals surface area (Å²) in [5.74, 6) is 4.80. The number of thiocarbonyl (C=S) groups is 2. The van der Waals surface area contributed by atoms with Gasteiger partial charge >= 0.3 is 0 Å². The van der Waals surface area contributed by atoms with Gasteiger partial charge in [0, 0.05) is 28.2 Å². The van der Waals surface area contributed by atoms with Crippen LogP contribution in [0.4, 0.5) is 0 Å². The summed E-state index contributed by atoms with van der Waals surface area (Å²) in [4.78, 5) is 3.22. The molecule has 2 atom stereocenters. The maximum absolute atomic E-state index is 5.37. The summed E-state index contributed by atoms with van der Waals surface area (Å²) in [6.07, 6.45) is 9.15. The molecule has 0 aromatic rings. The molecule has 0 fully saturated rings. The highest BCUT2D eigenvalue weighted by atomic mass is 32.1. The van der Waals surface area contributed by atoms with Gasteiger partial charge in [-0.2, -0.15) is 0 Å². The lowest BCUT2D eigenvalue weighted by atomic mass is 10.2. The Labute approximate surface area is 119 Å². The van der Waals surface area contributed by atoms with Crippen LogP contribution in [0.15, 0.2) is 0 Å². The summed E-state index contributed by atoms with van der Waals surface area (Å²) in [6, 6.07) is 0. The maximum atomic E-state index is 5.37. The molecule has 4 nitrogen and oxygen atoms in total. The van der Waals surface area contributed by atoms with Crippen LogP contribution in [0.5, 0.6) is 0 Å². The molecular weight excluding hydrogens is 268 g/mol. The number of ether oxygens (including phenoxy) is 2. The van der Waals surface area contributed by atoms with Gasteiger partial charge < -0.3 is 19.3 Å². The Morgan fingerprint density at radius 3 is 1.33 bits per heavy atom. The predicted molar refractivity (Wildman–Crippen MR) is 80.0 cm³/mol. The van der Waals surface area contributed by atoms with Gasteiger partial charge in [-0.05, 0) is 24.4 Å². The van der Waals surface area contributed by atoms with Crippen LogP contribution in [-0.2, 0) is 9.47 Å². The van der Waals surface area contributed by atoms with E-state index in [1.54, 1.807) is 38.0 Å². The second-order valence-electron chi connectivity index (χ2n) is 3.73. The zero-order chi connectivity index (χ0) is 14.3. The lowest BCUT2D eigenvalue weighted by Gasteiger charge is -2.25. The molecule has 18 heavy (non-hydrogen) atoms. The SMILES string of the molecule is C#CC(OC(=S)N(C)C)C(C#C)OC(=S)N(C)C. The van der Waals surface area contributed by atoms with Crippen LogP contribution in [-0.4, -0.2) is 60.5 Å². The van der Waals surface area contributed by atoms with Crippen LogP contribution in [0.3, 0.4) is 0 Å². The molecule has 6 heteroatoms. The van der Waals surface area contributed by atoms with E-state index in [0.717, 1.165) is 0 Å². The molecule has 0 saturated carbocycles. The molecule has 0 aliphatic carbocycles. The third-order valence-electron chi connectivity index (χ3n) is 1.79. The first-order valence-electron chi connectivity index (χ1n) is 5.01. The highest BCUT2D eigenvalue weighted by Gasteiger charge is 2.24. The van der Waals surface area contributed by atoms with Crippen molar-refractivity contribution in [3.05, 3.63) is 0 Å². The first-order valence-corrected chi connectivity index (χ1v) is 5.83. The standard InChI is InChI=1S/C12H16N2O2S2/c1-7-9(15-11(17)13(3)4)10(8-2)16-12(18)14(5)6/h1-2,9-10H,3-6H3. The van der Waals surface area contributed by atoms with Crippen LogP contribution >= 0.6 is 24.4 Å². The van der Waals surface area contributed by atoms with E-state index in [2.05, 4.69) is 11.8 Å². The average Bonchev–Trinajstić information content (AvgIpc) is 2.32. The third kappa shape index (κ3) is 5.22. The van der Waals surface area contributed by atoms with Crippen molar-refractivity contribution in [1.29, 1.82) is 0 Å². The predicted octanol–water partition coefficient (Wildman–Crippen LogP) is 0.716. The van der Waals surface area contributed by atoms with E-state index in [0.29, 0.717) is 0 Å². The number of hydrogen-bond donors (Lipinski definition) is 0. The Kier molecular flexibility index (Phi) is 7.11. The molecule has 0 heterocycles. The van der Waals surface area contributed by atoms with Gasteiger partial charge in [-0.15, -0.1) is 12.8 Å². The minimum absolute atomic E-state index is 0.234. The van der Waals surface area contributed by atoms with Crippen LogP contribution in [0, 0.1) is 24.7 Å². The summed E-state index contributed by atoms with van der Waals surface area (Å²) in [5, 5.41) is 0.468. The maximum Gasteiger partial charge on any atom is 0.260 e. The summed E-state index contributed by atoms with van der Waals surface area (Å²) in [5.41, 5.74) is 0. The topological polar surface area (TPSA) is 24.9 Å². The molecule has 0 rings (SSSR count). The lowest BCUT2D eigenvalue weighted by molar-refractivity contribution is 0.0942. The van der Waals surface area contributed by atoms with E-state index in [9.17, 15) is 0 Å². The Balaban J connectivity index is 4.71. The fourth-order valence-corrected chi connectivity index (χ4v) is 1.00. The van der Waals surface area contributed by atoms with Crippen molar-refractivity contribution in [2.24, 2.45) is 0 Å². The highest BCUT2D eigenvalue weighted by molar-refractivity contribution is 7.80. The molecule has 0 aliphatic rings. The van der Waals surface area contributed by atoms with Gasteiger partial charge in [0.1, 0.15) is 0 Å². The van der Waals surface area contributed by atoms with E-state index < -0.39 is 12.2 Å². The van der Waals surface area contributed by atoms with Gasteiger partial charge in [0.15, 0.2) is 0 Å². The van der Waals surface area contributed by atoms with Gasteiger partial charge in [-0.3, -0.25) is 0 Å². The van der Waals surface area contributed by atoms with E-state index in [1.165, 1.54) is 0 Å². The van der Waals surface area contributed by atoms with Crippen molar-refractivity contribution in [2.45, 2.75) is 12.2 Å². The summed E-state index contributed by atoms with van der Waals surface area (Å²) < 4.78 is 10.7. The Hall–Kier alpha value is -1.50.